The molecule has 4 rings (SSSR count). The van der Waals surface area contributed by atoms with Gasteiger partial charge < -0.3 is 19.8 Å². The number of nitrogens with zero attached hydrogens (tertiary/aromatic N) is 3. The molecule has 0 aliphatic rings. The summed E-state index contributed by atoms with van der Waals surface area (Å²) in [6.07, 6.45) is 2.93. The minimum absolute atomic E-state index is 0.720. The minimum atomic E-state index is 0.720. The summed E-state index contributed by atoms with van der Waals surface area (Å²) in [4.78, 5) is 11.5. The summed E-state index contributed by atoms with van der Waals surface area (Å²) < 4.78 is 5.77. The molecule has 0 bridgehead atoms. The predicted octanol–water partition coefficient (Wildman–Crippen LogP) is 3.44. The predicted molar refractivity (Wildman–Crippen MR) is 99.8 cm³/mol. The lowest BCUT2D eigenvalue weighted by Crippen LogP contribution is -2.15. The van der Waals surface area contributed by atoms with Crippen LogP contribution < -0.4 is 4.74 Å². The van der Waals surface area contributed by atoms with E-state index in [0.717, 1.165) is 58.6 Å². The Balaban J connectivity index is 1.50. The third-order valence-corrected chi connectivity index (χ3v) is 4.16. The second kappa shape index (κ2) is 6.57. The molecule has 0 fully saturated rings. The van der Waals surface area contributed by atoms with Crippen molar-refractivity contribution in [3.63, 3.8) is 0 Å². The standard InChI is InChI=1S/C19H21N5O/c1-24(2)8-3-9-25-15-6-4-13(5-7-15)19-21-17-10-14-12-20-23-16(14)11-18(17)22-19/h4-7,10-12,20,23H,3,8-9H2,1-2H3. The van der Waals surface area contributed by atoms with Gasteiger partial charge in [-0.1, -0.05) is 0 Å². The average molecular weight is 335 g/mol. The molecule has 6 nitrogen and oxygen atoms in total. The second-order valence-electron chi connectivity index (χ2n) is 6.42. The number of H-pyrrole nitrogens is 2. The van der Waals surface area contributed by atoms with E-state index in [1.807, 2.05) is 42.6 Å². The van der Waals surface area contributed by atoms with E-state index >= 15 is 0 Å². The number of hydrogen-bond donors (Lipinski definition) is 2. The van der Waals surface area contributed by atoms with Gasteiger partial charge in [0.15, 0.2) is 5.82 Å². The molecule has 2 aromatic heterocycles. The molecular formula is C19H21N5O. The van der Waals surface area contributed by atoms with E-state index < -0.39 is 0 Å². The van der Waals surface area contributed by atoms with Crippen molar-refractivity contribution in [2.45, 2.75) is 6.42 Å². The van der Waals surface area contributed by atoms with Crippen molar-refractivity contribution in [2.24, 2.45) is 0 Å². The third-order valence-electron chi connectivity index (χ3n) is 4.16. The minimum Gasteiger partial charge on any atom is -0.494 e. The van der Waals surface area contributed by atoms with Gasteiger partial charge in [-0.2, -0.15) is 0 Å². The summed E-state index contributed by atoms with van der Waals surface area (Å²) in [7, 11) is 4.13. The summed E-state index contributed by atoms with van der Waals surface area (Å²) in [6.45, 7) is 1.75. The van der Waals surface area contributed by atoms with Crippen molar-refractivity contribution in [2.75, 3.05) is 27.2 Å². The number of fused-ring (bicyclic) bond motifs is 2. The maximum atomic E-state index is 5.77. The highest BCUT2D eigenvalue weighted by molar-refractivity contribution is 5.93. The smallest absolute Gasteiger partial charge is 0.160 e. The second-order valence-corrected chi connectivity index (χ2v) is 6.42. The zero-order valence-corrected chi connectivity index (χ0v) is 14.4. The van der Waals surface area contributed by atoms with Crippen LogP contribution in [0.5, 0.6) is 5.75 Å². The fraction of sp³-hybridized carbons (Fsp3) is 0.263. The summed E-state index contributed by atoms with van der Waals surface area (Å²) in [6, 6.07) is 12.0. The van der Waals surface area contributed by atoms with Gasteiger partial charge in [-0.05, 0) is 56.9 Å². The molecule has 0 atom stereocenters. The Morgan fingerprint density at radius 1 is 1.04 bits per heavy atom. The van der Waals surface area contributed by atoms with E-state index in [-0.39, 0.29) is 0 Å². The summed E-state index contributed by atoms with van der Waals surface area (Å²) in [5, 5.41) is 7.17. The number of ether oxygens (including phenoxy) is 1. The molecule has 0 radical (unpaired) electrons. The van der Waals surface area contributed by atoms with E-state index in [2.05, 4.69) is 39.2 Å². The monoisotopic (exact) mass is 335 g/mol. The van der Waals surface area contributed by atoms with Gasteiger partial charge in [0.1, 0.15) is 5.75 Å². The first kappa shape index (κ1) is 15.7. The molecule has 0 spiro atoms. The van der Waals surface area contributed by atoms with Gasteiger partial charge in [-0.3, -0.25) is 0 Å². The Hall–Kier alpha value is -2.86. The Morgan fingerprint density at radius 3 is 2.56 bits per heavy atom. The molecule has 0 unspecified atom stereocenters. The van der Waals surface area contributed by atoms with Crippen molar-refractivity contribution in [3.8, 4) is 17.1 Å². The normalized spacial score (nSPS) is 11.6. The maximum absolute atomic E-state index is 5.77. The maximum Gasteiger partial charge on any atom is 0.160 e. The van der Waals surface area contributed by atoms with Crippen LogP contribution in [0.25, 0.3) is 33.3 Å². The number of nitrogens with one attached hydrogen (secondary N) is 2. The lowest BCUT2D eigenvalue weighted by molar-refractivity contribution is 0.281. The molecule has 0 saturated carbocycles. The Labute approximate surface area is 145 Å². The quantitative estimate of drug-likeness (QED) is 0.530. The SMILES string of the molecule is CN(C)CCCOc1ccc(-c2nc3cc4c[nH][nH]c4cc3n2)cc1. The van der Waals surface area contributed by atoms with Gasteiger partial charge in [0.25, 0.3) is 0 Å². The van der Waals surface area contributed by atoms with Crippen molar-refractivity contribution in [1.82, 2.24) is 25.1 Å². The van der Waals surface area contributed by atoms with Crippen LogP contribution in [0.4, 0.5) is 0 Å². The summed E-state index contributed by atoms with van der Waals surface area (Å²) >= 11 is 0. The zero-order chi connectivity index (χ0) is 17.2. The molecule has 0 aliphatic heterocycles. The van der Waals surface area contributed by atoms with Crippen LogP contribution in [0, 0.1) is 0 Å². The van der Waals surface area contributed by atoms with E-state index in [1.54, 1.807) is 0 Å². The van der Waals surface area contributed by atoms with E-state index in [4.69, 9.17) is 4.74 Å². The van der Waals surface area contributed by atoms with Gasteiger partial charge >= 0.3 is 0 Å². The van der Waals surface area contributed by atoms with Crippen LogP contribution in [0.2, 0.25) is 0 Å². The van der Waals surface area contributed by atoms with Crippen LogP contribution in [0.3, 0.4) is 0 Å². The Kier molecular flexibility index (Phi) is 4.11. The molecule has 0 amide bonds. The van der Waals surface area contributed by atoms with Crippen molar-refractivity contribution >= 4 is 21.9 Å². The Bertz CT molecular complexity index is 936. The van der Waals surface area contributed by atoms with Crippen molar-refractivity contribution in [3.05, 3.63) is 42.6 Å². The number of aromatic amines is 2. The topological polar surface area (TPSA) is 69.8 Å². The number of imidazole rings is 1. The summed E-state index contributed by atoms with van der Waals surface area (Å²) in [5.41, 5.74) is 3.81. The van der Waals surface area contributed by atoms with Gasteiger partial charge in [0.05, 0.1) is 23.2 Å². The lowest BCUT2D eigenvalue weighted by atomic mass is 10.2. The molecule has 128 valence electrons. The number of rotatable bonds is 6. The van der Waals surface area contributed by atoms with Crippen LogP contribution in [0.15, 0.2) is 42.6 Å². The van der Waals surface area contributed by atoms with Crippen LogP contribution in [-0.2, 0) is 0 Å². The first-order chi connectivity index (χ1) is 12.2. The highest BCUT2D eigenvalue weighted by Crippen LogP contribution is 2.25. The van der Waals surface area contributed by atoms with Gasteiger partial charge in [0.2, 0.25) is 0 Å². The van der Waals surface area contributed by atoms with Crippen molar-refractivity contribution in [1.29, 1.82) is 0 Å². The summed E-state index contributed by atoms with van der Waals surface area (Å²) in [5.74, 6) is 1.62. The van der Waals surface area contributed by atoms with Gasteiger partial charge in [-0.25, -0.2) is 9.97 Å². The van der Waals surface area contributed by atoms with E-state index in [9.17, 15) is 0 Å². The van der Waals surface area contributed by atoms with Crippen LogP contribution in [0.1, 0.15) is 6.42 Å². The van der Waals surface area contributed by atoms with E-state index in [0.29, 0.717) is 0 Å². The molecule has 0 saturated heterocycles. The highest BCUT2D eigenvalue weighted by atomic mass is 16.5. The first-order valence-corrected chi connectivity index (χ1v) is 8.40. The van der Waals surface area contributed by atoms with Crippen molar-refractivity contribution < 1.29 is 4.74 Å². The fourth-order valence-electron chi connectivity index (χ4n) is 2.84. The van der Waals surface area contributed by atoms with Crippen LogP contribution >= 0.6 is 0 Å². The number of aromatic nitrogens is 4. The molecule has 6 heteroatoms. The molecule has 2 heterocycles. The highest BCUT2D eigenvalue weighted by Gasteiger charge is 2.09. The zero-order valence-electron chi connectivity index (χ0n) is 14.4. The first-order valence-electron chi connectivity index (χ1n) is 8.40. The van der Waals surface area contributed by atoms with E-state index in [1.165, 1.54) is 0 Å². The number of hydrogen-bond acceptors (Lipinski definition) is 4. The van der Waals surface area contributed by atoms with Gasteiger partial charge in [-0.15, -0.1) is 0 Å². The Morgan fingerprint density at radius 2 is 1.80 bits per heavy atom. The third kappa shape index (κ3) is 3.34. The van der Waals surface area contributed by atoms with Gasteiger partial charge in [0, 0.05) is 23.7 Å². The fourth-order valence-corrected chi connectivity index (χ4v) is 2.84. The lowest BCUT2D eigenvalue weighted by Gasteiger charge is -2.10. The molecule has 2 aromatic carbocycles. The number of benzene rings is 2. The molecular weight excluding hydrogens is 314 g/mol. The molecule has 0 aliphatic carbocycles. The van der Waals surface area contributed by atoms with Crippen LogP contribution in [-0.4, -0.2) is 52.3 Å². The molecule has 25 heavy (non-hydrogen) atoms. The average Bonchev–Trinajstić information content (AvgIpc) is 3.22. The molecule has 4 aromatic rings. The largest absolute Gasteiger partial charge is 0.494 e. The molecule has 2 N–H and O–H groups in total.